The van der Waals surface area contributed by atoms with Crippen LogP contribution in [0.25, 0.3) is 0 Å². The van der Waals surface area contributed by atoms with Gasteiger partial charge in [0, 0.05) is 17.3 Å². The summed E-state index contributed by atoms with van der Waals surface area (Å²) in [5, 5.41) is 17.2. The molecule has 1 unspecified atom stereocenters. The number of hydrogen-bond acceptors (Lipinski definition) is 3. The van der Waals surface area contributed by atoms with E-state index in [1.807, 2.05) is 6.92 Å². The van der Waals surface area contributed by atoms with E-state index in [1.165, 1.54) is 18.5 Å². The number of aryl methyl sites for hydroxylation is 1. The van der Waals surface area contributed by atoms with Gasteiger partial charge in [0.2, 0.25) is 0 Å². The highest BCUT2D eigenvalue weighted by molar-refractivity contribution is 5.31. The van der Waals surface area contributed by atoms with Gasteiger partial charge in [0.25, 0.3) is 0 Å². The molecule has 82 valence electrons. The summed E-state index contributed by atoms with van der Waals surface area (Å²) in [6.07, 6.45) is 1.88. The topological polar surface area (TPSA) is 46.0 Å². The van der Waals surface area contributed by atoms with Gasteiger partial charge in [-0.05, 0) is 19.1 Å². The average molecular weight is 218 g/mol. The molecule has 0 spiro atoms. The smallest absolute Gasteiger partial charge is 0.129 e. The van der Waals surface area contributed by atoms with Crippen LogP contribution in [0.2, 0.25) is 0 Å². The molecule has 0 bridgehead atoms. The van der Waals surface area contributed by atoms with Crippen molar-refractivity contribution in [3.63, 3.8) is 0 Å². The first kappa shape index (κ1) is 10.7. The molecule has 4 heteroatoms. The maximum absolute atomic E-state index is 13.5. The summed E-state index contributed by atoms with van der Waals surface area (Å²) < 4.78 is 13.5. The van der Waals surface area contributed by atoms with Crippen LogP contribution in [-0.2, 0) is 0 Å². The molecule has 1 aromatic heterocycles. The Morgan fingerprint density at radius 2 is 2.06 bits per heavy atom. The molecule has 0 aliphatic rings. The number of aliphatic hydroxyl groups is 1. The van der Waals surface area contributed by atoms with Crippen molar-refractivity contribution in [3.05, 3.63) is 59.2 Å². The largest absolute Gasteiger partial charge is 0.383 e. The first-order chi connectivity index (χ1) is 7.68. The Hall–Kier alpha value is -1.81. The lowest BCUT2D eigenvalue weighted by atomic mass is 10.0. The number of hydrogen-bond donors (Lipinski definition) is 1. The number of rotatable bonds is 2. The van der Waals surface area contributed by atoms with E-state index in [0.717, 1.165) is 5.56 Å². The van der Waals surface area contributed by atoms with Gasteiger partial charge in [0.1, 0.15) is 11.9 Å². The van der Waals surface area contributed by atoms with E-state index in [2.05, 4.69) is 10.2 Å². The molecule has 0 fully saturated rings. The SMILES string of the molecule is Cc1ccc(F)c(C(O)c2ccnnc2)c1. The Balaban J connectivity index is 2.41. The van der Waals surface area contributed by atoms with E-state index in [0.29, 0.717) is 5.56 Å². The Morgan fingerprint density at radius 3 is 2.75 bits per heavy atom. The molecule has 1 N–H and O–H groups in total. The summed E-state index contributed by atoms with van der Waals surface area (Å²) in [4.78, 5) is 0. The number of benzene rings is 1. The summed E-state index contributed by atoms with van der Waals surface area (Å²) in [5.41, 5.74) is 1.69. The Kier molecular flexibility index (Phi) is 2.92. The van der Waals surface area contributed by atoms with Crippen LogP contribution in [-0.4, -0.2) is 15.3 Å². The molecule has 3 nitrogen and oxygen atoms in total. The van der Waals surface area contributed by atoms with Crippen molar-refractivity contribution in [2.45, 2.75) is 13.0 Å². The summed E-state index contributed by atoms with van der Waals surface area (Å²) in [6, 6.07) is 6.25. The van der Waals surface area contributed by atoms with Crippen LogP contribution in [0, 0.1) is 12.7 Å². The lowest BCUT2D eigenvalue weighted by Crippen LogP contribution is -2.03. The van der Waals surface area contributed by atoms with Crippen LogP contribution in [0.5, 0.6) is 0 Å². The van der Waals surface area contributed by atoms with Gasteiger partial charge in [0.15, 0.2) is 0 Å². The van der Waals surface area contributed by atoms with Crippen molar-refractivity contribution in [3.8, 4) is 0 Å². The monoisotopic (exact) mass is 218 g/mol. The maximum Gasteiger partial charge on any atom is 0.129 e. The molecule has 1 atom stereocenters. The van der Waals surface area contributed by atoms with E-state index in [4.69, 9.17) is 0 Å². The molecule has 0 amide bonds. The van der Waals surface area contributed by atoms with Crippen molar-refractivity contribution >= 4 is 0 Å². The van der Waals surface area contributed by atoms with E-state index >= 15 is 0 Å². The third kappa shape index (κ3) is 2.06. The lowest BCUT2D eigenvalue weighted by Gasteiger charge is -2.12. The van der Waals surface area contributed by atoms with Crippen LogP contribution in [0.15, 0.2) is 36.7 Å². The summed E-state index contributed by atoms with van der Waals surface area (Å²) in [5.74, 6) is -0.421. The molecule has 2 aromatic rings. The Labute approximate surface area is 92.6 Å². The zero-order chi connectivity index (χ0) is 11.5. The van der Waals surface area contributed by atoms with Crippen LogP contribution in [0.1, 0.15) is 22.8 Å². The van der Waals surface area contributed by atoms with E-state index < -0.39 is 11.9 Å². The minimum atomic E-state index is -1.00. The highest BCUT2D eigenvalue weighted by Crippen LogP contribution is 2.24. The second-order valence-corrected chi connectivity index (χ2v) is 3.60. The van der Waals surface area contributed by atoms with Gasteiger partial charge in [-0.2, -0.15) is 10.2 Å². The van der Waals surface area contributed by atoms with Crippen LogP contribution in [0.3, 0.4) is 0 Å². The summed E-state index contributed by atoms with van der Waals surface area (Å²) in [6.45, 7) is 1.85. The predicted octanol–water partition coefficient (Wildman–Crippen LogP) is 2.01. The molecule has 16 heavy (non-hydrogen) atoms. The zero-order valence-corrected chi connectivity index (χ0v) is 8.76. The standard InChI is InChI=1S/C12H11FN2O/c1-8-2-3-11(13)10(6-8)12(16)9-4-5-14-15-7-9/h2-7,12,16H,1H3. The number of aliphatic hydroxyl groups excluding tert-OH is 1. The van der Waals surface area contributed by atoms with E-state index in [9.17, 15) is 9.50 Å². The third-order valence-corrected chi connectivity index (χ3v) is 2.37. The van der Waals surface area contributed by atoms with Crippen molar-refractivity contribution in [1.82, 2.24) is 10.2 Å². The number of halogens is 1. The molecule has 0 aliphatic carbocycles. The van der Waals surface area contributed by atoms with E-state index in [1.54, 1.807) is 18.2 Å². The maximum atomic E-state index is 13.5. The van der Waals surface area contributed by atoms with Gasteiger partial charge in [-0.3, -0.25) is 0 Å². The zero-order valence-electron chi connectivity index (χ0n) is 8.76. The fraction of sp³-hybridized carbons (Fsp3) is 0.167. The molecule has 0 saturated heterocycles. The van der Waals surface area contributed by atoms with Crippen molar-refractivity contribution in [2.75, 3.05) is 0 Å². The molecule has 2 rings (SSSR count). The minimum Gasteiger partial charge on any atom is -0.383 e. The molecular weight excluding hydrogens is 207 g/mol. The highest BCUT2D eigenvalue weighted by atomic mass is 19.1. The molecule has 0 radical (unpaired) electrons. The fourth-order valence-electron chi connectivity index (χ4n) is 1.51. The Morgan fingerprint density at radius 1 is 1.25 bits per heavy atom. The van der Waals surface area contributed by atoms with Crippen LogP contribution < -0.4 is 0 Å². The fourth-order valence-corrected chi connectivity index (χ4v) is 1.51. The second-order valence-electron chi connectivity index (χ2n) is 3.60. The lowest BCUT2D eigenvalue weighted by molar-refractivity contribution is 0.214. The van der Waals surface area contributed by atoms with Gasteiger partial charge in [0.05, 0.1) is 6.20 Å². The first-order valence-electron chi connectivity index (χ1n) is 4.89. The number of aromatic nitrogens is 2. The van der Waals surface area contributed by atoms with Crippen molar-refractivity contribution in [2.24, 2.45) is 0 Å². The molecule has 0 aliphatic heterocycles. The molecular formula is C12H11FN2O. The average Bonchev–Trinajstić information content (AvgIpc) is 2.32. The minimum absolute atomic E-state index is 0.257. The van der Waals surface area contributed by atoms with Gasteiger partial charge in [-0.25, -0.2) is 4.39 Å². The van der Waals surface area contributed by atoms with Crippen molar-refractivity contribution < 1.29 is 9.50 Å². The first-order valence-corrected chi connectivity index (χ1v) is 4.89. The third-order valence-electron chi connectivity index (χ3n) is 2.37. The quantitative estimate of drug-likeness (QED) is 0.838. The van der Waals surface area contributed by atoms with Crippen LogP contribution >= 0.6 is 0 Å². The number of nitrogens with zero attached hydrogens (tertiary/aromatic N) is 2. The summed E-state index contributed by atoms with van der Waals surface area (Å²) >= 11 is 0. The summed E-state index contributed by atoms with van der Waals surface area (Å²) in [7, 11) is 0. The van der Waals surface area contributed by atoms with Gasteiger partial charge in [-0.15, -0.1) is 0 Å². The normalized spacial score (nSPS) is 12.4. The van der Waals surface area contributed by atoms with Gasteiger partial charge >= 0.3 is 0 Å². The van der Waals surface area contributed by atoms with E-state index in [-0.39, 0.29) is 5.56 Å². The van der Waals surface area contributed by atoms with Gasteiger partial charge in [-0.1, -0.05) is 17.7 Å². The van der Waals surface area contributed by atoms with Crippen molar-refractivity contribution in [1.29, 1.82) is 0 Å². The molecule has 1 heterocycles. The highest BCUT2D eigenvalue weighted by Gasteiger charge is 2.15. The molecule has 0 saturated carbocycles. The van der Waals surface area contributed by atoms with Crippen LogP contribution in [0.4, 0.5) is 4.39 Å². The Bertz CT molecular complexity index is 488. The van der Waals surface area contributed by atoms with Gasteiger partial charge < -0.3 is 5.11 Å². The predicted molar refractivity (Wildman–Crippen MR) is 57.2 cm³/mol. The molecule has 1 aromatic carbocycles. The second kappa shape index (κ2) is 4.37.